The minimum Gasteiger partial charge on any atom is -0.493 e. The van der Waals surface area contributed by atoms with Crippen LogP contribution >= 0.6 is 0 Å². The smallest absolute Gasteiger partial charge is 0.162 e. The van der Waals surface area contributed by atoms with Crippen LogP contribution in [-0.2, 0) is 0 Å². The van der Waals surface area contributed by atoms with E-state index in [1.807, 2.05) is 6.07 Å². The van der Waals surface area contributed by atoms with Crippen molar-refractivity contribution in [3.05, 3.63) is 18.2 Å². The highest BCUT2D eigenvalue weighted by Crippen LogP contribution is 2.33. The first-order chi connectivity index (χ1) is 9.93. The Morgan fingerprint density at radius 3 is 2.52 bits per heavy atom. The molecule has 0 amide bonds. The minimum absolute atomic E-state index is 0.191. The molecular weight excluding hydrogens is 264 g/mol. The molecule has 1 aromatic carbocycles. The molecule has 0 radical (unpaired) electrons. The molecule has 1 N–H and O–H groups in total. The van der Waals surface area contributed by atoms with Crippen LogP contribution in [0.2, 0.25) is 0 Å². The van der Waals surface area contributed by atoms with E-state index < -0.39 is 0 Å². The molecule has 1 aliphatic heterocycles. The molecule has 1 heterocycles. The lowest BCUT2D eigenvalue weighted by atomic mass is 10.1. The molecule has 1 aromatic rings. The van der Waals surface area contributed by atoms with Crippen molar-refractivity contribution in [3.63, 3.8) is 0 Å². The van der Waals surface area contributed by atoms with Crippen molar-refractivity contribution in [1.29, 1.82) is 0 Å². The molecule has 1 saturated heterocycles. The fourth-order valence-electron chi connectivity index (χ4n) is 2.71. The Bertz CT molecular complexity index is 468. The van der Waals surface area contributed by atoms with E-state index in [1.165, 1.54) is 12.1 Å². The summed E-state index contributed by atoms with van der Waals surface area (Å²) in [6.07, 6.45) is 1.23. The predicted molar refractivity (Wildman–Crippen MR) is 87.6 cm³/mol. The van der Waals surface area contributed by atoms with Crippen LogP contribution in [0.1, 0.15) is 27.2 Å². The van der Waals surface area contributed by atoms with Gasteiger partial charge in [-0.2, -0.15) is 0 Å². The SMILES string of the molecule is COc1ccc(N2CCC(CNC(C)(C)C)C2)cc1OC. The average Bonchev–Trinajstić information content (AvgIpc) is 2.92. The van der Waals surface area contributed by atoms with Crippen LogP contribution < -0.4 is 19.7 Å². The Morgan fingerprint density at radius 1 is 1.19 bits per heavy atom. The van der Waals surface area contributed by atoms with E-state index in [0.717, 1.165) is 31.1 Å². The van der Waals surface area contributed by atoms with Crippen LogP contribution in [0, 0.1) is 5.92 Å². The zero-order chi connectivity index (χ0) is 15.5. The average molecular weight is 292 g/mol. The van der Waals surface area contributed by atoms with Gasteiger partial charge in [0.25, 0.3) is 0 Å². The van der Waals surface area contributed by atoms with Crippen molar-refractivity contribution in [2.75, 3.05) is 38.8 Å². The van der Waals surface area contributed by atoms with E-state index in [1.54, 1.807) is 14.2 Å². The van der Waals surface area contributed by atoms with Crippen molar-refractivity contribution in [2.45, 2.75) is 32.7 Å². The number of anilines is 1. The zero-order valence-corrected chi connectivity index (χ0v) is 13.9. The fraction of sp³-hybridized carbons (Fsp3) is 0.647. The summed E-state index contributed by atoms with van der Waals surface area (Å²) in [6, 6.07) is 6.16. The summed E-state index contributed by atoms with van der Waals surface area (Å²) in [5.74, 6) is 2.29. The molecule has 1 unspecified atom stereocenters. The molecule has 4 nitrogen and oxygen atoms in total. The Morgan fingerprint density at radius 2 is 1.90 bits per heavy atom. The van der Waals surface area contributed by atoms with Crippen LogP contribution in [0.5, 0.6) is 11.5 Å². The number of ether oxygens (including phenoxy) is 2. The second kappa shape index (κ2) is 6.56. The fourth-order valence-corrected chi connectivity index (χ4v) is 2.71. The van der Waals surface area contributed by atoms with Gasteiger partial charge in [0.2, 0.25) is 0 Å². The van der Waals surface area contributed by atoms with E-state index in [4.69, 9.17) is 9.47 Å². The number of rotatable bonds is 5. The third kappa shape index (κ3) is 4.27. The first kappa shape index (κ1) is 16.0. The molecule has 118 valence electrons. The highest BCUT2D eigenvalue weighted by atomic mass is 16.5. The van der Waals surface area contributed by atoms with Crippen LogP contribution in [0.15, 0.2) is 18.2 Å². The molecule has 0 aromatic heterocycles. The molecule has 1 fully saturated rings. The normalized spacial score (nSPS) is 18.9. The maximum atomic E-state index is 5.39. The second-order valence-electron chi connectivity index (χ2n) is 6.77. The topological polar surface area (TPSA) is 33.7 Å². The number of hydrogen-bond acceptors (Lipinski definition) is 4. The van der Waals surface area contributed by atoms with Gasteiger partial charge in [-0.3, -0.25) is 0 Å². The Labute approximate surface area is 128 Å². The van der Waals surface area contributed by atoms with Crippen molar-refractivity contribution < 1.29 is 9.47 Å². The van der Waals surface area contributed by atoms with Gasteiger partial charge in [0.15, 0.2) is 11.5 Å². The molecule has 21 heavy (non-hydrogen) atoms. The molecule has 1 aliphatic rings. The van der Waals surface area contributed by atoms with Crippen LogP contribution in [0.3, 0.4) is 0 Å². The predicted octanol–water partition coefficient (Wildman–Crippen LogP) is 2.92. The van der Waals surface area contributed by atoms with Gasteiger partial charge in [-0.25, -0.2) is 0 Å². The van der Waals surface area contributed by atoms with Gasteiger partial charge in [-0.05, 0) is 45.2 Å². The highest BCUT2D eigenvalue weighted by Gasteiger charge is 2.24. The van der Waals surface area contributed by atoms with Gasteiger partial charge >= 0.3 is 0 Å². The van der Waals surface area contributed by atoms with Crippen molar-refractivity contribution in [1.82, 2.24) is 5.32 Å². The summed E-state index contributed by atoms with van der Waals surface area (Å²) in [5, 5.41) is 3.61. The van der Waals surface area contributed by atoms with Gasteiger partial charge in [0.05, 0.1) is 14.2 Å². The first-order valence-corrected chi connectivity index (χ1v) is 7.65. The molecule has 0 bridgehead atoms. The van der Waals surface area contributed by atoms with E-state index >= 15 is 0 Å². The lowest BCUT2D eigenvalue weighted by Crippen LogP contribution is -2.39. The summed E-state index contributed by atoms with van der Waals surface area (Å²) in [7, 11) is 3.35. The Kier molecular flexibility index (Phi) is 4.99. The lowest BCUT2D eigenvalue weighted by Gasteiger charge is -2.24. The highest BCUT2D eigenvalue weighted by molar-refractivity contribution is 5.56. The Hall–Kier alpha value is -1.42. The summed E-state index contributed by atoms with van der Waals surface area (Å²) in [4.78, 5) is 2.43. The summed E-state index contributed by atoms with van der Waals surface area (Å²) in [6.45, 7) is 9.92. The third-order valence-corrected chi connectivity index (χ3v) is 3.94. The molecular formula is C17H28N2O2. The molecule has 4 heteroatoms. The van der Waals surface area contributed by atoms with Crippen LogP contribution in [0.4, 0.5) is 5.69 Å². The van der Waals surface area contributed by atoms with E-state index in [9.17, 15) is 0 Å². The number of hydrogen-bond donors (Lipinski definition) is 1. The summed E-state index contributed by atoms with van der Waals surface area (Å²) >= 11 is 0. The largest absolute Gasteiger partial charge is 0.493 e. The number of nitrogens with one attached hydrogen (secondary N) is 1. The second-order valence-corrected chi connectivity index (χ2v) is 6.77. The number of methoxy groups -OCH3 is 2. The van der Waals surface area contributed by atoms with Gasteiger partial charge in [-0.1, -0.05) is 0 Å². The van der Waals surface area contributed by atoms with Crippen molar-refractivity contribution in [3.8, 4) is 11.5 Å². The Balaban J connectivity index is 1.98. The van der Waals surface area contributed by atoms with Gasteiger partial charge in [0.1, 0.15) is 0 Å². The van der Waals surface area contributed by atoms with Crippen molar-refractivity contribution >= 4 is 5.69 Å². The number of benzene rings is 1. The van der Waals surface area contributed by atoms with E-state index in [-0.39, 0.29) is 5.54 Å². The first-order valence-electron chi connectivity index (χ1n) is 7.65. The third-order valence-electron chi connectivity index (χ3n) is 3.94. The van der Waals surface area contributed by atoms with E-state index in [0.29, 0.717) is 5.92 Å². The molecule has 0 saturated carbocycles. The molecule has 0 aliphatic carbocycles. The minimum atomic E-state index is 0.191. The van der Waals surface area contributed by atoms with E-state index in [2.05, 4.69) is 43.1 Å². The van der Waals surface area contributed by atoms with Gasteiger partial charge in [-0.15, -0.1) is 0 Å². The molecule has 0 spiro atoms. The molecule has 1 atom stereocenters. The van der Waals surface area contributed by atoms with Crippen LogP contribution in [0.25, 0.3) is 0 Å². The zero-order valence-electron chi connectivity index (χ0n) is 13.9. The molecule has 2 rings (SSSR count). The monoisotopic (exact) mass is 292 g/mol. The summed E-state index contributed by atoms with van der Waals surface area (Å²) < 4.78 is 10.7. The lowest BCUT2D eigenvalue weighted by molar-refractivity contribution is 0.355. The number of nitrogens with zero attached hydrogens (tertiary/aromatic N) is 1. The maximum absolute atomic E-state index is 5.39. The quantitative estimate of drug-likeness (QED) is 0.905. The maximum Gasteiger partial charge on any atom is 0.162 e. The van der Waals surface area contributed by atoms with Gasteiger partial charge in [0, 0.05) is 36.9 Å². The van der Waals surface area contributed by atoms with Gasteiger partial charge < -0.3 is 19.7 Å². The summed E-state index contributed by atoms with van der Waals surface area (Å²) in [5.41, 5.74) is 1.41. The van der Waals surface area contributed by atoms with Crippen molar-refractivity contribution in [2.24, 2.45) is 5.92 Å². The van der Waals surface area contributed by atoms with Crippen LogP contribution in [-0.4, -0.2) is 39.4 Å². The standard InChI is InChI=1S/C17H28N2O2/c1-17(2,3)18-11-13-8-9-19(12-13)14-6-7-15(20-4)16(10-14)21-5/h6-7,10,13,18H,8-9,11-12H2,1-5H3.